The molecule has 0 amide bonds. The van der Waals surface area contributed by atoms with Crippen molar-refractivity contribution < 1.29 is 19.0 Å². The second-order valence-electron chi connectivity index (χ2n) is 4.60. The van der Waals surface area contributed by atoms with Crippen molar-refractivity contribution in [2.24, 2.45) is 0 Å². The number of carbonyl (C=O) groups excluding carboxylic acids is 1. The third-order valence-corrected chi connectivity index (χ3v) is 3.26. The first-order valence-corrected chi connectivity index (χ1v) is 7.36. The number of carbonyl (C=O) groups is 1. The molecule has 5 heteroatoms. The highest BCUT2D eigenvalue weighted by atomic mass is 16.7. The van der Waals surface area contributed by atoms with E-state index in [1.165, 1.54) is 0 Å². The first-order chi connectivity index (χ1) is 9.22. The average Bonchev–Trinajstić information content (AvgIpc) is 2.40. The minimum atomic E-state index is -0.259. The van der Waals surface area contributed by atoms with Gasteiger partial charge < -0.3 is 14.2 Å². The third kappa shape index (κ3) is 5.47. The van der Waals surface area contributed by atoms with Crippen LogP contribution in [0.5, 0.6) is 0 Å². The van der Waals surface area contributed by atoms with Gasteiger partial charge in [0.2, 0.25) is 0 Å². The van der Waals surface area contributed by atoms with Crippen molar-refractivity contribution in [3.8, 4) is 0 Å². The number of ether oxygens (including phenoxy) is 3. The van der Waals surface area contributed by atoms with E-state index in [1.54, 1.807) is 0 Å². The summed E-state index contributed by atoms with van der Waals surface area (Å²) in [6, 6.07) is -0.142. The molecule has 0 spiro atoms. The second kappa shape index (κ2) is 9.28. The summed E-state index contributed by atoms with van der Waals surface area (Å²) < 4.78 is 16.3. The van der Waals surface area contributed by atoms with Crippen LogP contribution in [0.25, 0.3) is 0 Å². The van der Waals surface area contributed by atoms with Crippen molar-refractivity contribution in [1.82, 2.24) is 4.90 Å². The zero-order chi connectivity index (χ0) is 14.1. The van der Waals surface area contributed by atoms with Gasteiger partial charge in [-0.3, -0.25) is 9.69 Å². The molecule has 0 aromatic carbocycles. The standard InChI is InChI=1S/C14H27NO4/c1-4-17-13(18-5-2)11-15-10-8-7-9-12(15)14(16)19-6-3/h12-13H,4-11H2,1-3H3. The maximum absolute atomic E-state index is 12.0. The highest BCUT2D eigenvalue weighted by Gasteiger charge is 2.31. The van der Waals surface area contributed by atoms with E-state index in [9.17, 15) is 4.79 Å². The van der Waals surface area contributed by atoms with Gasteiger partial charge in [0, 0.05) is 13.2 Å². The lowest BCUT2D eigenvalue weighted by atomic mass is 10.0. The molecule has 1 saturated heterocycles. The highest BCUT2D eigenvalue weighted by molar-refractivity contribution is 5.75. The Kier molecular flexibility index (Phi) is 8.02. The molecule has 0 N–H and O–H groups in total. The molecule has 0 saturated carbocycles. The van der Waals surface area contributed by atoms with E-state index in [-0.39, 0.29) is 18.3 Å². The molecule has 1 unspecified atom stereocenters. The number of esters is 1. The molecule has 0 aromatic heterocycles. The van der Waals surface area contributed by atoms with E-state index >= 15 is 0 Å². The molecule has 0 bridgehead atoms. The van der Waals surface area contributed by atoms with Gasteiger partial charge in [-0.15, -0.1) is 0 Å². The fourth-order valence-corrected chi connectivity index (χ4v) is 2.43. The van der Waals surface area contributed by atoms with Gasteiger partial charge in [-0.1, -0.05) is 6.42 Å². The Labute approximate surface area is 116 Å². The molecule has 112 valence electrons. The summed E-state index contributed by atoms with van der Waals surface area (Å²) in [5.74, 6) is -0.117. The molecule has 1 rings (SSSR count). The van der Waals surface area contributed by atoms with Crippen LogP contribution >= 0.6 is 0 Å². The van der Waals surface area contributed by atoms with Gasteiger partial charge in [0.25, 0.3) is 0 Å². The zero-order valence-corrected chi connectivity index (χ0v) is 12.4. The Morgan fingerprint density at radius 2 is 1.84 bits per heavy atom. The summed E-state index contributed by atoms with van der Waals surface area (Å²) >= 11 is 0. The van der Waals surface area contributed by atoms with Gasteiger partial charge in [-0.25, -0.2) is 0 Å². The van der Waals surface area contributed by atoms with Gasteiger partial charge in [-0.2, -0.15) is 0 Å². The van der Waals surface area contributed by atoms with Crippen LogP contribution < -0.4 is 0 Å². The van der Waals surface area contributed by atoms with Crippen LogP contribution in [-0.2, 0) is 19.0 Å². The number of likely N-dealkylation sites (tertiary alicyclic amines) is 1. The molecule has 0 radical (unpaired) electrons. The van der Waals surface area contributed by atoms with Gasteiger partial charge in [0.05, 0.1) is 13.2 Å². The van der Waals surface area contributed by atoms with Crippen LogP contribution in [0.4, 0.5) is 0 Å². The number of piperidine rings is 1. The van der Waals surface area contributed by atoms with Gasteiger partial charge in [0.1, 0.15) is 6.04 Å². The van der Waals surface area contributed by atoms with E-state index in [0.29, 0.717) is 26.4 Å². The fourth-order valence-electron chi connectivity index (χ4n) is 2.43. The first-order valence-electron chi connectivity index (χ1n) is 7.36. The van der Waals surface area contributed by atoms with Crippen molar-refractivity contribution in [1.29, 1.82) is 0 Å². The maximum Gasteiger partial charge on any atom is 0.323 e. The normalized spacial score (nSPS) is 20.7. The molecule has 1 aliphatic rings. The Hall–Kier alpha value is -0.650. The minimum Gasteiger partial charge on any atom is -0.465 e. The molecule has 1 fully saturated rings. The predicted octanol–water partition coefficient (Wildman–Crippen LogP) is 1.80. The van der Waals surface area contributed by atoms with Crippen LogP contribution in [0.15, 0.2) is 0 Å². The zero-order valence-electron chi connectivity index (χ0n) is 12.4. The molecular weight excluding hydrogens is 246 g/mol. The SMILES string of the molecule is CCOC(=O)C1CCCCN1CC(OCC)OCC. The van der Waals surface area contributed by atoms with Crippen molar-refractivity contribution in [2.45, 2.75) is 52.4 Å². The molecule has 1 heterocycles. The second-order valence-corrected chi connectivity index (χ2v) is 4.60. The van der Waals surface area contributed by atoms with E-state index in [4.69, 9.17) is 14.2 Å². The van der Waals surface area contributed by atoms with Crippen LogP contribution in [0.2, 0.25) is 0 Å². The summed E-state index contributed by atoms with van der Waals surface area (Å²) in [6.45, 7) is 8.93. The highest BCUT2D eigenvalue weighted by Crippen LogP contribution is 2.19. The van der Waals surface area contributed by atoms with E-state index in [0.717, 1.165) is 25.8 Å². The third-order valence-electron chi connectivity index (χ3n) is 3.26. The first kappa shape index (κ1) is 16.4. The van der Waals surface area contributed by atoms with Crippen molar-refractivity contribution in [2.75, 3.05) is 32.9 Å². The van der Waals surface area contributed by atoms with E-state index in [1.807, 2.05) is 20.8 Å². The molecule has 0 aromatic rings. The lowest BCUT2D eigenvalue weighted by molar-refractivity contribution is -0.165. The molecule has 19 heavy (non-hydrogen) atoms. The number of hydrogen-bond donors (Lipinski definition) is 0. The molecular formula is C14H27NO4. The lowest BCUT2D eigenvalue weighted by Crippen LogP contribution is -2.49. The largest absolute Gasteiger partial charge is 0.465 e. The minimum absolute atomic E-state index is 0.117. The summed E-state index contributed by atoms with van der Waals surface area (Å²) in [5, 5.41) is 0. The Balaban J connectivity index is 2.57. The molecule has 0 aliphatic carbocycles. The van der Waals surface area contributed by atoms with Gasteiger partial charge >= 0.3 is 5.97 Å². The monoisotopic (exact) mass is 273 g/mol. The number of rotatable bonds is 8. The maximum atomic E-state index is 12.0. The Morgan fingerprint density at radius 1 is 1.16 bits per heavy atom. The quantitative estimate of drug-likeness (QED) is 0.498. The molecule has 5 nitrogen and oxygen atoms in total. The van der Waals surface area contributed by atoms with Crippen LogP contribution in [0.3, 0.4) is 0 Å². The molecule has 1 atom stereocenters. The van der Waals surface area contributed by atoms with Crippen molar-refractivity contribution >= 4 is 5.97 Å². The summed E-state index contributed by atoms with van der Waals surface area (Å²) in [4.78, 5) is 14.1. The van der Waals surface area contributed by atoms with E-state index < -0.39 is 0 Å². The lowest BCUT2D eigenvalue weighted by Gasteiger charge is -2.35. The Morgan fingerprint density at radius 3 is 2.42 bits per heavy atom. The number of hydrogen-bond acceptors (Lipinski definition) is 5. The predicted molar refractivity (Wildman–Crippen MR) is 72.9 cm³/mol. The smallest absolute Gasteiger partial charge is 0.323 e. The fraction of sp³-hybridized carbons (Fsp3) is 0.929. The van der Waals surface area contributed by atoms with Crippen LogP contribution in [0, 0.1) is 0 Å². The topological polar surface area (TPSA) is 48.0 Å². The average molecular weight is 273 g/mol. The Bertz CT molecular complexity index is 254. The van der Waals surface area contributed by atoms with Gasteiger partial charge in [0.15, 0.2) is 6.29 Å². The van der Waals surface area contributed by atoms with E-state index in [2.05, 4.69) is 4.90 Å². The van der Waals surface area contributed by atoms with Crippen LogP contribution in [0.1, 0.15) is 40.0 Å². The van der Waals surface area contributed by atoms with Crippen molar-refractivity contribution in [3.63, 3.8) is 0 Å². The van der Waals surface area contributed by atoms with Crippen molar-refractivity contribution in [3.05, 3.63) is 0 Å². The molecule has 1 aliphatic heterocycles. The summed E-state index contributed by atoms with van der Waals surface area (Å²) in [6.07, 6.45) is 2.79. The number of nitrogens with zero attached hydrogens (tertiary/aromatic N) is 1. The van der Waals surface area contributed by atoms with Crippen LogP contribution in [-0.4, -0.2) is 56.1 Å². The van der Waals surface area contributed by atoms with Gasteiger partial charge in [-0.05, 0) is 40.2 Å². The summed E-state index contributed by atoms with van der Waals surface area (Å²) in [5.41, 5.74) is 0. The summed E-state index contributed by atoms with van der Waals surface area (Å²) in [7, 11) is 0.